The number of para-hydroxylation sites is 1. The van der Waals surface area contributed by atoms with E-state index in [0.29, 0.717) is 22.7 Å². The summed E-state index contributed by atoms with van der Waals surface area (Å²) in [6, 6.07) is 13.6. The molecule has 0 unspecified atom stereocenters. The van der Waals surface area contributed by atoms with Crippen molar-refractivity contribution in [2.75, 3.05) is 25.8 Å². The highest BCUT2D eigenvalue weighted by Crippen LogP contribution is 2.30. The number of esters is 1. The van der Waals surface area contributed by atoms with E-state index in [4.69, 9.17) is 9.47 Å². The molecule has 28 heavy (non-hydrogen) atoms. The molecule has 0 radical (unpaired) electrons. The fraction of sp³-hybridized carbons (Fsp3) is 0.150. The van der Waals surface area contributed by atoms with Crippen molar-refractivity contribution in [3.8, 4) is 11.5 Å². The third-order valence-corrected chi connectivity index (χ3v) is 3.98. The second kappa shape index (κ2) is 8.26. The Morgan fingerprint density at radius 2 is 1.82 bits per heavy atom. The van der Waals surface area contributed by atoms with Gasteiger partial charge in [-0.2, -0.15) is 0 Å². The minimum atomic E-state index is -0.525. The van der Waals surface area contributed by atoms with E-state index >= 15 is 0 Å². The Morgan fingerprint density at radius 3 is 2.50 bits per heavy atom. The van der Waals surface area contributed by atoms with Gasteiger partial charge in [-0.15, -0.1) is 0 Å². The molecule has 144 valence electrons. The monoisotopic (exact) mass is 382 g/mol. The van der Waals surface area contributed by atoms with Crippen molar-refractivity contribution < 1.29 is 28.6 Å². The number of nitrogens with one attached hydrogen (secondary N) is 1. The zero-order chi connectivity index (χ0) is 20.1. The number of anilines is 1. The molecule has 0 atom stereocenters. The lowest BCUT2D eigenvalue weighted by molar-refractivity contribution is -0.143. The number of benzene rings is 2. The summed E-state index contributed by atoms with van der Waals surface area (Å²) < 4.78 is 15.1. The Bertz CT molecular complexity index is 939. The Kier molecular flexibility index (Phi) is 5.59. The van der Waals surface area contributed by atoms with Crippen LogP contribution in [0, 0.1) is 0 Å². The minimum Gasteiger partial charge on any atom is -0.493 e. The summed E-state index contributed by atoms with van der Waals surface area (Å²) in [5.41, 5.74) is 3.66. The topological polar surface area (TPSA) is 94.2 Å². The SMILES string of the molecule is COC(=O)COc1ccc(C=C2C(=O)NN(c3ccccc3)C2=O)cc1OC. The van der Waals surface area contributed by atoms with Crippen LogP contribution < -0.4 is 19.9 Å². The number of hydrazine groups is 1. The van der Waals surface area contributed by atoms with Crippen LogP contribution in [0.5, 0.6) is 11.5 Å². The molecule has 1 aliphatic rings. The first-order valence-corrected chi connectivity index (χ1v) is 8.33. The number of rotatable bonds is 6. The van der Waals surface area contributed by atoms with Gasteiger partial charge in [-0.25, -0.2) is 9.80 Å². The van der Waals surface area contributed by atoms with Crippen LogP contribution in [-0.2, 0) is 19.1 Å². The summed E-state index contributed by atoms with van der Waals surface area (Å²) in [7, 11) is 2.71. The molecule has 2 aromatic carbocycles. The van der Waals surface area contributed by atoms with Gasteiger partial charge in [-0.1, -0.05) is 24.3 Å². The first-order valence-electron chi connectivity index (χ1n) is 8.33. The number of amides is 2. The second-order valence-electron chi connectivity index (χ2n) is 5.75. The molecule has 1 fully saturated rings. The number of methoxy groups -OCH3 is 2. The predicted molar refractivity (Wildman–Crippen MR) is 101 cm³/mol. The van der Waals surface area contributed by atoms with Gasteiger partial charge < -0.3 is 14.2 Å². The molecule has 8 heteroatoms. The molecule has 0 aromatic heterocycles. The van der Waals surface area contributed by atoms with Crippen molar-refractivity contribution in [3.63, 3.8) is 0 Å². The smallest absolute Gasteiger partial charge is 0.343 e. The molecular weight excluding hydrogens is 364 g/mol. The summed E-state index contributed by atoms with van der Waals surface area (Å²) in [6.45, 7) is -0.264. The van der Waals surface area contributed by atoms with E-state index in [-0.39, 0.29) is 12.2 Å². The standard InChI is InChI=1S/C20H18N2O6/c1-26-17-11-13(8-9-16(17)28-12-18(23)27-2)10-15-19(24)21-22(20(15)25)14-6-4-3-5-7-14/h3-11H,12H2,1-2H3,(H,21,24). The molecule has 0 aliphatic carbocycles. The highest BCUT2D eigenvalue weighted by molar-refractivity contribution is 6.31. The average molecular weight is 382 g/mol. The predicted octanol–water partition coefficient (Wildman–Crippen LogP) is 1.71. The van der Waals surface area contributed by atoms with Gasteiger partial charge >= 0.3 is 5.97 Å². The van der Waals surface area contributed by atoms with Crippen LogP contribution in [-0.4, -0.2) is 38.6 Å². The summed E-state index contributed by atoms with van der Waals surface area (Å²) in [5, 5.41) is 1.19. The number of hydrogen-bond acceptors (Lipinski definition) is 6. The van der Waals surface area contributed by atoms with Crippen LogP contribution in [0.4, 0.5) is 5.69 Å². The van der Waals surface area contributed by atoms with Crippen molar-refractivity contribution in [3.05, 3.63) is 59.7 Å². The Hall–Kier alpha value is -3.81. The van der Waals surface area contributed by atoms with E-state index in [1.165, 1.54) is 25.3 Å². The lowest BCUT2D eigenvalue weighted by atomic mass is 10.1. The fourth-order valence-corrected chi connectivity index (χ4v) is 2.57. The van der Waals surface area contributed by atoms with Crippen molar-refractivity contribution in [2.45, 2.75) is 0 Å². The van der Waals surface area contributed by atoms with E-state index in [0.717, 1.165) is 0 Å². The van der Waals surface area contributed by atoms with E-state index in [9.17, 15) is 14.4 Å². The van der Waals surface area contributed by atoms with Crippen LogP contribution in [0.3, 0.4) is 0 Å². The molecule has 2 aromatic rings. The maximum absolute atomic E-state index is 12.6. The van der Waals surface area contributed by atoms with Crippen molar-refractivity contribution in [2.24, 2.45) is 0 Å². The molecule has 8 nitrogen and oxygen atoms in total. The summed E-state index contributed by atoms with van der Waals surface area (Å²) in [5.74, 6) is -0.797. The van der Waals surface area contributed by atoms with Gasteiger partial charge in [0, 0.05) is 0 Å². The third-order valence-electron chi connectivity index (χ3n) is 3.98. The number of ether oxygens (including phenoxy) is 3. The van der Waals surface area contributed by atoms with Crippen molar-refractivity contribution in [1.82, 2.24) is 5.43 Å². The lowest BCUT2D eigenvalue weighted by Crippen LogP contribution is -2.35. The van der Waals surface area contributed by atoms with Crippen LogP contribution in [0.2, 0.25) is 0 Å². The molecule has 1 aliphatic heterocycles. The summed E-state index contributed by atoms with van der Waals surface area (Å²) in [4.78, 5) is 36.1. The zero-order valence-corrected chi connectivity index (χ0v) is 15.3. The molecular formula is C20H18N2O6. The normalized spacial score (nSPS) is 14.8. The third kappa shape index (κ3) is 3.96. The van der Waals surface area contributed by atoms with Crippen LogP contribution >= 0.6 is 0 Å². The van der Waals surface area contributed by atoms with Crippen LogP contribution in [0.1, 0.15) is 5.56 Å². The van der Waals surface area contributed by atoms with E-state index in [1.54, 1.807) is 42.5 Å². The molecule has 3 rings (SSSR count). The largest absolute Gasteiger partial charge is 0.493 e. The molecule has 0 bridgehead atoms. The first-order chi connectivity index (χ1) is 13.5. The zero-order valence-electron chi connectivity index (χ0n) is 15.3. The van der Waals surface area contributed by atoms with Gasteiger partial charge in [0.2, 0.25) is 0 Å². The molecule has 1 saturated heterocycles. The van der Waals surface area contributed by atoms with E-state index < -0.39 is 17.8 Å². The summed E-state index contributed by atoms with van der Waals surface area (Å²) in [6.07, 6.45) is 1.47. The highest BCUT2D eigenvalue weighted by atomic mass is 16.6. The van der Waals surface area contributed by atoms with Gasteiger partial charge in [-0.05, 0) is 35.9 Å². The van der Waals surface area contributed by atoms with Gasteiger partial charge in [0.25, 0.3) is 11.8 Å². The fourth-order valence-electron chi connectivity index (χ4n) is 2.57. The molecule has 2 amide bonds. The Balaban J connectivity index is 1.83. The van der Waals surface area contributed by atoms with E-state index in [1.807, 2.05) is 6.07 Å². The second-order valence-corrected chi connectivity index (χ2v) is 5.75. The van der Waals surface area contributed by atoms with Crippen molar-refractivity contribution >= 4 is 29.5 Å². The Labute approximate surface area is 161 Å². The van der Waals surface area contributed by atoms with Gasteiger partial charge in [0.05, 0.1) is 19.9 Å². The van der Waals surface area contributed by atoms with Gasteiger partial charge in [0.1, 0.15) is 5.57 Å². The number of carbonyl (C=O) groups is 3. The average Bonchev–Trinajstić information content (AvgIpc) is 3.01. The number of nitrogens with zero attached hydrogens (tertiary/aromatic N) is 1. The van der Waals surface area contributed by atoms with Gasteiger partial charge in [0.15, 0.2) is 18.1 Å². The van der Waals surface area contributed by atoms with Gasteiger partial charge in [-0.3, -0.25) is 15.0 Å². The van der Waals surface area contributed by atoms with Crippen LogP contribution in [0.15, 0.2) is 54.1 Å². The number of hydrogen-bond donors (Lipinski definition) is 1. The molecule has 1 heterocycles. The molecule has 0 spiro atoms. The minimum absolute atomic E-state index is 0.00543. The maximum atomic E-state index is 12.6. The summed E-state index contributed by atoms with van der Waals surface area (Å²) >= 11 is 0. The highest BCUT2D eigenvalue weighted by Gasteiger charge is 2.34. The van der Waals surface area contributed by atoms with E-state index in [2.05, 4.69) is 10.2 Å². The lowest BCUT2D eigenvalue weighted by Gasteiger charge is -2.13. The maximum Gasteiger partial charge on any atom is 0.343 e. The van der Waals surface area contributed by atoms with Crippen LogP contribution in [0.25, 0.3) is 6.08 Å². The molecule has 0 saturated carbocycles. The first kappa shape index (κ1) is 19.0. The quantitative estimate of drug-likeness (QED) is 0.464. The molecule has 1 N–H and O–H groups in total. The Morgan fingerprint density at radius 1 is 1.07 bits per heavy atom. The number of carbonyl (C=O) groups excluding carboxylic acids is 3. The van der Waals surface area contributed by atoms with Crippen molar-refractivity contribution in [1.29, 1.82) is 0 Å².